The van der Waals surface area contributed by atoms with Gasteiger partial charge in [-0.2, -0.15) is 0 Å². The Labute approximate surface area is 335 Å². The van der Waals surface area contributed by atoms with E-state index >= 15 is 0 Å². The number of H-pyrrole nitrogens is 4. The Bertz CT molecular complexity index is 2820. The van der Waals surface area contributed by atoms with Gasteiger partial charge in [0, 0.05) is 20.0 Å². The van der Waals surface area contributed by atoms with Crippen molar-refractivity contribution in [2.75, 3.05) is 29.5 Å². The van der Waals surface area contributed by atoms with Crippen molar-refractivity contribution in [2.45, 2.75) is 39.7 Å². The van der Waals surface area contributed by atoms with Crippen LogP contribution in [-0.4, -0.2) is 93.3 Å². The molecule has 0 fully saturated rings. The second-order valence-electron chi connectivity index (χ2n) is 12.7. The van der Waals surface area contributed by atoms with E-state index in [1.54, 1.807) is 37.8 Å². The number of aryl methyl sites for hydroxylation is 2. The monoisotopic (exact) mass is 795 g/mol. The maximum atomic E-state index is 5.48. The SMILES string of the molecule is CC/C(C)=C/CNc1ncnc2nc[nH]c12.CN(Cc1ccco1)c1ncnc2nc[nH]c12.Nc1ncnc2nc[nH]c12.c1coc(CCc2ncnc3nc[nH]c23)c1. The molecule has 59 heavy (non-hydrogen) atoms. The lowest BCUT2D eigenvalue weighted by atomic mass is 10.2. The average Bonchev–Trinajstić information content (AvgIpc) is 4.12. The van der Waals surface area contributed by atoms with Crippen LogP contribution in [-0.2, 0) is 19.4 Å². The van der Waals surface area contributed by atoms with Crippen LogP contribution in [0.2, 0.25) is 0 Å². The third-order valence-corrected chi connectivity index (χ3v) is 8.78. The molecule has 10 rings (SSSR count). The number of nitrogens with one attached hydrogen (secondary N) is 5. The zero-order valence-electron chi connectivity index (χ0n) is 32.4. The van der Waals surface area contributed by atoms with E-state index < -0.39 is 0 Å². The number of allylic oxidation sites excluding steroid dienone is 1. The number of hydrogen-bond acceptors (Lipinski definition) is 17. The van der Waals surface area contributed by atoms with E-state index in [9.17, 15) is 0 Å². The molecule has 0 spiro atoms. The van der Waals surface area contributed by atoms with Crippen LogP contribution in [0.3, 0.4) is 0 Å². The molecule has 0 aliphatic rings. The van der Waals surface area contributed by atoms with E-state index in [1.165, 1.54) is 30.9 Å². The van der Waals surface area contributed by atoms with Crippen LogP contribution in [0.4, 0.5) is 17.5 Å². The Morgan fingerprint density at radius 2 is 1.22 bits per heavy atom. The summed E-state index contributed by atoms with van der Waals surface area (Å²) in [5.41, 5.74) is 13.8. The van der Waals surface area contributed by atoms with Crippen LogP contribution in [0.25, 0.3) is 44.7 Å². The van der Waals surface area contributed by atoms with Crippen LogP contribution in [0.1, 0.15) is 37.5 Å². The van der Waals surface area contributed by atoms with Gasteiger partial charge < -0.3 is 44.7 Å². The van der Waals surface area contributed by atoms with Crippen molar-refractivity contribution in [2.24, 2.45) is 0 Å². The molecule has 0 saturated heterocycles. The van der Waals surface area contributed by atoms with E-state index in [1.807, 2.05) is 36.2 Å². The summed E-state index contributed by atoms with van der Waals surface area (Å²) in [6.07, 6.45) is 20.6. The number of aromatic amines is 4. The first kappa shape index (κ1) is 39.1. The predicted octanol–water partition coefficient (Wildman–Crippen LogP) is 5.37. The molecule has 0 aliphatic heterocycles. The molecule has 0 atom stereocenters. The van der Waals surface area contributed by atoms with Crippen LogP contribution in [0.15, 0.2) is 108 Å². The van der Waals surface area contributed by atoms with Crippen molar-refractivity contribution in [3.63, 3.8) is 0 Å². The Balaban J connectivity index is 0.000000121. The fourth-order valence-electron chi connectivity index (χ4n) is 5.60. The van der Waals surface area contributed by atoms with Crippen molar-refractivity contribution in [1.82, 2.24) is 79.7 Å². The molecule has 0 bridgehead atoms. The fraction of sp³-hybridized carbons (Fsp3) is 0.211. The highest BCUT2D eigenvalue weighted by atomic mass is 16.3. The molecule has 0 unspecified atom stereocenters. The van der Waals surface area contributed by atoms with E-state index in [4.69, 9.17) is 14.6 Å². The maximum Gasteiger partial charge on any atom is 0.182 e. The van der Waals surface area contributed by atoms with E-state index in [-0.39, 0.29) is 0 Å². The molecule has 10 heterocycles. The minimum Gasteiger partial charge on any atom is -0.469 e. The Morgan fingerprint density at radius 1 is 0.661 bits per heavy atom. The number of furan rings is 2. The molecule has 10 aromatic rings. The highest BCUT2D eigenvalue weighted by Gasteiger charge is 2.12. The third-order valence-electron chi connectivity index (χ3n) is 8.78. The minimum absolute atomic E-state index is 0.433. The molecule has 0 aliphatic carbocycles. The first-order valence-corrected chi connectivity index (χ1v) is 18.4. The summed E-state index contributed by atoms with van der Waals surface area (Å²) in [7, 11) is 1.95. The van der Waals surface area contributed by atoms with E-state index in [2.05, 4.69) is 105 Å². The number of hydrogen-bond donors (Lipinski definition) is 6. The first-order valence-electron chi connectivity index (χ1n) is 18.4. The standard InChI is InChI=1S/C11H11N5O.C11H15N5.C11H10N4O.C5H5N5/c1-16(5-8-3-2-4-17-8)11-9-10(13-6-12-9)14-7-15-11;1-3-8(2)4-5-12-10-9-11(14-6-13-9)16-7-15-10;1-2-8(16-5-1)3-4-9-10-11(14-6-12-9)15-7-13-10;6-4-3-5(9-1-7-3)10-2-8-4/h2-4,6-7H,5H2,1H3,(H,12,13,14,15);4,6-7H,3,5H2,1-2H3,(H2,12,13,14,15,16);1-2,5-7H,3-4H2,(H,12,13,14,15);1-2H,(H3,6,7,8,9,10)/b;8-4+;;. The first-order chi connectivity index (χ1) is 29.0. The maximum absolute atomic E-state index is 5.48. The van der Waals surface area contributed by atoms with Gasteiger partial charge in [-0.15, -0.1) is 0 Å². The highest BCUT2D eigenvalue weighted by molar-refractivity contribution is 5.83. The second kappa shape index (κ2) is 19.2. The van der Waals surface area contributed by atoms with Crippen molar-refractivity contribution >= 4 is 62.1 Å². The molecule has 7 N–H and O–H groups in total. The van der Waals surface area contributed by atoms with Gasteiger partial charge in [-0.3, -0.25) is 0 Å². The van der Waals surface area contributed by atoms with Gasteiger partial charge in [0.25, 0.3) is 0 Å². The van der Waals surface area contributed by atoms with Crippen molar-refractivity contribution < 1.29 is 8.83 Å². The number of aromatic nitrogens is 16. The van der Waals surface area contributed by atoms with Crippen LogP contribution in [0, 0.1) is 0 Å². The lowest BCUT2D eigenvalue weighted by molar-refractivity contribution is 0.507. The number of rotatable bonds is 10. The largest absolute Gasteiger partial charge is 0.469 e. The molecular formula is C38H41N19O2. The second-order valence-corrected chi connectivity index (χ2v) is 12.7. The van der Waals surface area contributed by atoms with Crippen LogP contribution < -0.4 is 16.0 Å². The number of anilines is 3. The molecule has 300 valence electrons. The quantitative estimate of drug-likeness (QED) is 0.0948. The molecule has 10 aromatic heterocycles. The number of nitrogens with zero attached hydrogens (tertiary/aromatic N) is 13. The number of nitrogen functional groups attached to an aromatic ring is 1. The lowest BCUT2D eigenvalue weighted by Gasteiger charge is -2.16. The summed E-state index contributed by atoms with van der Waals surface area (Å²) in [6.45, 7) is 5.68. The summed E-state index contributed by atoms with van der Waals surface area (Å²) in [4.78, 5) is 62.6. The highest BCUT2D eigenvalue weighted by Crippen LogP contribution is 2.20. The van der Waals surface area contributed by atoms with E-state index in [0.717, 1.165) is 71.2 Å². The van der Waals surface area contributed by atoms with Gasteiger partial charge in [0.2, 0.25) is 0 Å². The molecule has 0 amide bonds. The topological polar surface area (TPSA) is 285 Å². The van der Waals surface area contributed by atoms with Gasteiger partial charge in [-0.05, 0) is 44.0 Å². The molecule has 0 saturated carbocycles. The Kier molecular flexibility index (Phi) is 12.7. The molecule has 0 radical (unpaired) electrons. The van der Waals surface area contributed by atoms with Gasteiger partial charge in [-0.1, -0.05) is 18.6 Å². The summed E-state index contributed by atoms with van der Waals surface area (Å²) in [5, 5.41) is 3.24. The molecule has 21 nitrogen and oxygen atoms in total. The Hall–Kier alpha value is -8.10. The zero-order valence-corrected chi connectivity index (χ0v) is 32.4. The van der Waals surface area contributed by atoms with Crippen molar-refractivity contribution in [1.29, 1.82) is 0 Å². The third kappa shape index (κ3) is 10.0. The van der Waals surface area contributed by atoms with Gasteiger partial charge in [0.05, 0.1) is 50.1 Å². The summed E-state index contributed by atoms with van der Waals surface area (Å²) >= 11 is 0. The number of nitrogens with two attached hydrogens (primary N) is 1. The van der Waals surface area contributed by atoms with Crippen LogP contribution in [0.5, 0.6) is 0 Å². The van der Waals surface area contributed by atoms with Gasteiger partial charge >= 0.3 is 0 Å². The van der Waals surface area contributed by atoms with Gasteiger partial charge in [-0.25, -0.2) is 59.8 Å². The van der Waals surface area contributed by atoms with Gasteiger partial charge in [0.1, 0.15) is 58.9 Å². The number of fused-ring (bicyclic) bond motifs is 4. The predicted molar refractivity (Wildman–Crippen MR) is 221 cm³/mol. The normalized spacial score (nSPS) is 11.1. The molecule has 0 aromatic carbocycles. The molecular weight excluding hydrogens is 755 g/mol. The summed E-state index contributed by atoms with van der Waals surface area (Å²) in [5.74, 6) is 3.89. The van der Waals surface area contributed by atoms with E-state index in [0.29, 0.717) is 40.5 Å². The Morgan fingerprint density at radius 3 is 1.88 bits per heavy atom. The lowest BCUT2D eigenvalue weighted by Crippen LogP contribution is -2.17. The average molecular weight is 796 g/mol. The number of imidazole rings is 4. The summed E-state index contributed by atoms with van der Waals surface area (Å²) < 4.78 is 10.6. The molecule has 21 heteroatoms. The summed E-state index contributed by atoms with van der Waals surface area (Å²) in [6, 6.07) is 7.66. The minimum atomic E-state index is 0.433. The van der Waals surface area contributed by atoms with Crippen molar-refractivity contribution in [3.8, 4) is 0 Å². The van der Waals surface area contributed by atoms with Crippen LogP contribution >= 0.6 is 0 Å². The van der Waals surface area contributed by atoms with Gasteiger partial charge in [0.15, 0.2) is 40.0 Å². The van der Waals surface area contributed by atoms with Crippen molar-refractivity contribution in [3.05, 3.63) is 116 Å². The smallest absolute Gasteiger partial charge is 0.182 e. The zero-order chi connectivity index (χ0) is 40.8. The fourth-order valence-corrected chi connectivity index (χ4v) is 5.60.